The molecule has 1 amide bonds. The predicted octanol–water partition coefficient (Wildman–Crippen LogP) is 0.248. The molecule has 1 atom stereocenters. The molecule has 1 unspecified atom stereocenters. The first-order valence-corrected chi connectivity index (χ1v) is 6.62. The van der Waals surface area contributed by atoms with Crippen molar-refractivity contribution in [2.45, 2.75) is 19.8 Å². The van der Waals surface area contributed by atoms with Crippen molar-refractivity contribution in [2.75, 3.05) is 38.5 Å². The molecule has 1 aliphatic heterocycles. The van der Waals surface area contributed by atoms with Gasteiger partial charge in [-0.2, -0.15) is 0 Å². The Morgan fingerprint density at radius 3 is 3.05 bits per heavy atom. The molecule has 0 spiro atoms. The summed E-state index contributed by atoms with van der Waals surface area (Å²) in [6.45, 7) is 5.08. The van der Waals surface area contributed by atoms with Gasteiger partial charge in [0.2, 0.25) is 11.8 Å². The second-order valence-electron chi connectivity index (χ2n) is 5.08. The van der Waals surface area contributed by atoms with Gasteiger partial charge in [0.05, 0.1) is 6.54 Å². The van der Waals surface area contributed by atoms with E-state index in [1.807, 2.05) is 11.9 Å². The number of amides is 1. The Balaban J connectivity index is 1.71. The highest BCUT2D eigenvalue weighted by atomic mass is 16.4. The van der Waals surface area contributed by atoms with Gasteiger partial charge in [0.25, 0.3) is 0 Å². The molecule has 1 aromatic heterocycles. The van der Waals surface area contributed by atoms with Gasteiger partial charge in [0, 0.05) is 13.5 Å². The van der Waals surface area contributed by atoms with E-state index in [1.165, 1.54) is 12.8 Å². The van der Waals surface area contributed by atoms with E-state index >= 15 is 0 Å². The molecule has 106 valence electrons. The van der Waals surface area contributed by atoms with Crippen LogP contribution in [-0.2, 0) is 4.79 Å². The molecule has 2 heterocycles. The third-order valence-electron chi connectivity index (χ3n) is 3.15. The minimum Gasteiger partial charge on any atom is -0.408 e. The third-order valence-corrected chi connectivity index (χ3v) is 3.15. The van der Waals surface area contributed by atoms with Crippen LogP contribution in [0.3, 0.4) is 0 Å². The summed E-state index contributed by atoms with van der Waals surface area (Å²) in [7, 11) is 1.95. The Morgan fingerprint density at radius 2 is 2.42 bits per heavy atom. The predicted molar refractivity (Wildman–Crippen MR) is 70.8 cm³/mol. The van der Waals surface area contributed by atoms with Crippen molar-refractivity contribution < 1.29 is 9.21 Å². The maximum absolute atomic E-state index is 11.8. The molecule has 7 nitrogen and oxygen atoms in total. The standard InChI is InChI=1S/C12H21N5O2/c1-9-15-16-12(19-9)14-11(18)8-17(2)7-10-4-3-5-13-6-10/h10,13H,3-8H2,1-2H3,(H,14,16,18). The van der Waals surface area contributed by atoms with E-state index in [2.05, 4.69) is 20.8 Å². The molecule has 19 heavy (non-hydrogen) atoms. The maximum atomic E-state index is 11.8. The fraction of sp³-hybridized carbons (Fsp3) is 0.750. The normalized spacial score (nSPS) is 19.6. The molecule has 2 N–H and O–H groups in total. The average molecular weight is 267 g/mol. The van der Waals surface area contributed by atoms with Crippen LogP contribution in [0, 0.1) is 12.8 Å². The summed E-state index contributed by atoms with van der Waals surface area (Å²) >= 11 is 0. The first-order chi connectivity index (χ1) is 9.13. The zero-order chi connectivity index (χ0) is 13.7. The molecule has 1 aliphatic rings. The van der Waals surface area contributed by atoms with E-state index in [1.54, 1.807) is 6.92 Å². The summed E-state index contributed by atoms with van der Waals surface area (Å²) in [5.41, 5.74) is 0. The van der Waals surface area contributed by atoms with Crippen LogP contribution in [0.15, 0.2) is 4.42 Å². The molecule has 2 rings (SSSR count). The van der Waals surface area contributed by atoms with Crippen molar-refractivity contribution in [3.05, 3.63) is 5.89 Å². The molecule has 7 heteroatoms. The van der Waals surface area contributed by atoms with E-state index in [0.717, 1.165) is 19.6 Å². The Morgan fingerprint density at radius 1 is 1.58 bits per heavy atom. The monoisotopic (exact) mass is 267 g/mol. The van der Waals surface area contributed by atoms with E-state index in [9.17, 15) is 4.79 Å². The zero-order valence-electron chi connectivity index (χ0n) is 11.5. The van der Waals surface area contributed by atoms with Crippen molar-refractivity contribution in [1.82, 2.24) is 20.4 Å². The van der Waals surface area contributed by atoms with Crippen LogP contribution >= 0.6 is 0 Å². The lowest BCUT2D eigenvalue weighted by Crippen LogP contribution is -2.39. The molecule has 0 radical (unpaired) electrons. The number of anilines is 1. The van der Waals surface area contributed by atoms with Crippen molar-refractivity contribution in [2.24, 2.45) is 5.92 Å². The van der Waals surface area contributed by atoms with Gasteiger partial charge in [-0.15, -0.1) is 5.10 Å². The maximum Gasteiger partial charge on any atom is 0.322 e. The van der Waals surface area contributed by atoms with E-state index in [4.69, 9.17) is 4.42 Å². The van der Waals surface area contributed by atoms with E-state index in [0.29, 0.717) is 18.4 Å². The number of aromatic nitrogens is 2. The highest BCUT2D eigenvalue weighted by molar-refractivity contribution is 5.90. The highest BCUT2D eigenvalue weighted by Crippen LogP contribution is 2.11. The number of hydrogen-bond donors (Lipinski definition) is 2. The van der Waals surface area contributed by atoms with Crippen LogP contribution in [0.25, 0.3) is 0 Å². The molecule has 1 aromatic rings. The first-order valence-electron chi connectivity index (χ1n) is 6.62. The number of rotatable bonds is 5. The Bertz CT molecular complexity index is 414. The lowest BCUT2D eigenvalue weighted by atomic mass is 9.99. The fourth-order valence-electron chi connectivity index (χ4n) is 2.34. The van der Waals surface area contributed by atoms with Gasteiger partial charge in [-0.05, 0) is 38.9 Å². The van der Waals surface area contributed by atoms with Crippen LogP contribution in [-0.4, -0.2) is 54.2 Å². The summed E-state index contributed by atoms with van der Waals surface area (Å²) < 4.78 is 5.10. The first kappa shape index (κ1) is 14.0. The zero-order valence-corrected chi connectivity index (χ0v) is 11.5. The smallest absolute Gasteiger partial charge is 0.322 e. The van der Waals surface area contributed by atoms with Crippen LogP contribution < -0.4 is 10.6 Å². The molecular formula is C12H21N5O2. The molecule has 0 aliphatic carbocycles. The molecule has 0 bridgehead atoms. The number of nitrogens with one attached hydrogen (secondary N) is 2. The number of hydrogen-bond acceptors (Lipinski definition) is 6. The Labute approximate surface area is 112 Å². The number of piperidine rings is 1. The van der Waals surface area contributed by atoms with Gasteiger partial charge in [0.1, 0.15) is 0 Å². The lowest BCUT2D eigenvalue weighted by Gasteiger charge is -2.27. The molecular weight excluding hydrogens is 246 g/mol. The number of carbonyl (C=O) groups excluding carboxylic acids is 1. The van der Waals surface area contributed by atoms with Crippen molar-refractivity contribution in [3.8, 4) is 0 Å². The summed E-state index contributed by atoms with van der Waals surface area (Å²) in [5, 5.41) is 13.4. The molecule has 1 fully saturated rings. The van der Waals surface area contributed by atoms with Crippen LogP contribution in [0.2, 0.25) is 0 Å². The number of aryl methyl sites for hydroxylation is 1. The molecule has 0 saturated carbocycles. The minimum absolute atomic E-state index is 0.130. The van der Waals surface area contributed by atoms with Gasteiger partial charge in [-0.1, -0.05) is 5.10 Å². The van der Waals surface area contributed by atoms with Crippen LogP contribution in [0.4, 0.5) is 6.01 Å². The fourth-order valence-corrected chi connectivity index (χ4v) is 2.34. The number of nitrogens with zero attached hydrogens (tertiary/aromatic N) is 3. The highest BCUT2D eigenvalue weighted by Gasteiger charge is 2.17. The molecule has 1 saturated heterocycles. The number of carbonyl (C=O) groups is 1. The van der Waals surface area contributed by atoms with Gasteiger partial charge < -0.3 is 9.73 Å². The van der Waals surface area contributed by atoms with Crippen LogP contribution in [0.1, 0.15) is 18.7 Å². The summed E-state index contributed by atoms with van der Waals surface area (Å²) in [6, 6.07) is 0.162. The summed E-state index contributed by atoms with van der Waals surface area (Å²) in [6.07, 6.45) is 2.44. The second-order valence-corrected chi connectivity index (χ2v) is 5.08. The van der Waals surface area contributed by atoms with Gasteiger partial charge >= 0.3 is 6.01 Å². The van der Waals surface area contributed by atoms with Gasteiger partial charge in [0.15, 0.2) is 0 Å². The largest absolute Gasteiger partial charge is 0.408 e. The van der Waals surface area contributed by atoms with E-state index in [-0.39, 0.29) is 11.9 Å². The van der Waals surface area contributed by atoms with E-state index < -0.39 is 0 Å². The third kappa shape index (κ3) is 4.60. The topological polar surface area (TPSA) is 83.3 Å². The number of likely N-dealkylation sites (N-methyl/N-ethyl adjacent to an activating group) is 1. The van der Waals surface area contributed by atoms with Gasteiger partial charge in [-0.25, -0.2) is 0 Å². The van der Waals surface area contributed by atoms with Crippen molar-refractivity contribution in [3.63, 3.8) is 0 Å². The second kappa shape index (κ2) is 6.63. The Kier molecular flexibility index (Phi) is 4.86. The van der Waals surface area contributed by atoms with Gasteiger partial charge in [-0.3, -0.25) is 15.0 Å². The SMILES string of the molecule is Cc1nnc(NC(=O)CN(C)CC2CCCNC2)o1. The van der Waals surface area contributed by atoms with Crippen LogP contribution in [0.5, 0.6) is 0 Å². The summed E-state index contributed by atoms with van der Waals surface area (Å²) in [4.78, 5) is 13.8. The lowest BCUT2D eigenvalue weighted by molar-refractivity contribution is -0.117. The average Bonchev–Trinajstić information content (AvgIpc) is 2.75. The van der Waals surface area contributed by atoms with Crippen molar-refractivity contribution >= 4 is 11.9 Å². The molecule has 0 aromatic carbocycles. The summed E-state index contributed by atoms with van der Waals surface area (Å²) in [5.74, 6) is 0.934. The van der Waals surface area contributed by atoms with Crippen molar-refractivity contribution in [1.29, 1.82) is 0 Å². The minimum atomic E-state index is -0.130. The quantitative estimate of drug-likeness (QED) is 0.795. The Hall–Kier alpha value is -1.47.